The highest BCUT2D eigenvalue weighted by Crippen LogP contribution is 2.45. The number of aromatic nitrogens is 1. The van der Waals surface area contributed by atoms with Gasteiger partial charge < -0.3 is 25.2 Å². The fourth-order valence-corrected chi connectivity index (χ4v) is 8.09. The minimum absolute atomic E-state index is 0.0362. The third-order valence-electron chi connectivity index (χ3n) is 10.4. The van der Waals surface area contributed by atoms with Crippen molar-refractivity contribution in [3.8, 4) is 11.1 Å². The summed E-state index contributed by atoms with van der Waals surface area (Å²) in [6.45, 7) is 14.6. The highest BCUT2D eigenvalue weighted by molar-refractivity contribution is 5.97. The molecular weight excluding hydrogens is 635 g/mol. The van der Waals surface area contributed by atoms with E-state index in [9.17, 15) is 24.3 Å². The molecule has 1 saturated carbocycles. The number of rotatable bonds is 13. The zero-order valence-corrected chi connectivity index (χ0v) is 30.2. The first-order valence-electron chi connectivity index (χ1n) is 17.8. The Bertz CT molecular complexity index is 1800. The molecule has 3 aromatic rings. The van der Waals surface area contributed by atoms with Gasteiger partial charge in [0, 0.05) is 37.9 Å². The van der Waals surface area contributed by atoms with Gasteiger partial charge in [-0.05, 0) is 110 Å². The Morgan fingerprint density at radius 1 is 0.940 bits per heavy atom. The molecule has 0 radical (unpaired) electrons. The molecule has 268 valence electrons. The summed E-state index contributed by atoms with van der Waals surface area (Å²) >= 11 is 0. The molecule has 0 unspecified atom stereocenters. The van der Waals surface area contributed by atoms with Crippen LogP contribution in [0.5, 0.6) is 0 Å². The largest absolute Gasteiger partial charge is 0.481 e. The predicted octanol–water partition coefficient (Wildman–Crippen LogP) is 6.24. The molecular formula is C40H51FN4O5. The van der Waals surface area contributed by atoms with E-state index < -0.39 is 47.7 Å². The number of halogens is 1. The Hall–Kier alpha value is -4.31. The van der Waals surface area contributed by atoms with Crippen molar-refractivity contribution in [2.75, 3.05) is 19.6 Å². The number of likely N-dealkylation sites (tertiary alicyclic amines) is 1. The first-order chi connectivity index (χ1) is 23.7. The number of pyridine rings is 1. The summed E-state index contributed by atoms with van der Waals surface area (Å²) in [4.78, 5) is 55.2. The molecule has 1 spiro atoms. The fourth-order valence-electron chi connectivity index (χ4n) is 8.09. The third-order valence-corrected chi connectivity index (χ3v) is 10.4. The number of hydrogen-bond acceptors (Lipinski definition) is 5. The van der Waals surface area contributed by atoms with Crippen LogP contribution in [-0.2, 0) is 16.1 Å². The number of nitrogens with zero attached hydrogens (tertiary/aromatic N) is 2. The molecule has 1 aliphatic heterocycles. The summed E-state index contributed by atoms with van der Waals surface area (Å²) < 4.78 is 17.3. The van der Waals surface area contributed by atoms with Gasteiger partial charge in [-0.1, -0.05) is 44.4 Å². The van der Waals surface area contributed by atoms with Gasteiger partial charge in [-0.3, -0.25) is 19.2 Å². The molecule has 2 heterocycles. The lowest BCUT2D eigenvalue weighted by Crippen LogP contribution is -2.55. The van der Waals surface area contributed by atoms with E-state index in [1.54, 1.807) is 31.3 Å². The lowest BCUT2D eigenvalue weighted by atomic mass is 9.78. The summed E-state index contributed by atoms with van der Waals surface area (Å²) in [5.41, 5.74) is 5.03. The molecule has 1 aromatic heterocycles. The van der Waals surface area contributed by atoms with Crippen molar-refractivity contribution in [1.82, 2.24) is 20.1 Å². The standard InChI is InChI=1S/C40H51FN4O5/c1-24(2)16-33(43-37(48)30-10-9-13-45(39(30)50)15-14-44-22-40(23-44)11-7-8-12-40)38(49)42-32(21-34(46)47)31-20-29(19-28(6)36(31)41)35-26(4)17-25(3)18-27(35)5/h9-10,13,17-20,24,32-33H,7-8,11-12,14-16,21-23H2,1-6H3,(H,42,49)(H,43,48)(H,46,47)/t32-,33-/m0/s1. The number of aliphatic carboxylic acids is 1. The van der Waals surface area contributed by atoms with Gasteiger partial charge in [0.05, 0.1) is 12.5 Å². The van der Waals surface area contributed by atoms with Crippen LogP contribution in [0.3, 0.4) is 0 Å². The molecule has 0 bridgehead atoms. The monoisotopic (exact) mass is 686 g/mol. The maximum absolute atomic E-state index is 15.8. The van der Waals surface area contributed by atoms with E-state index >= 15 is 4.39 Å². The van der Waals surface area contributed by atoms with Gasteiger partial charge in [-0.25, -0.2) is 4.39 Å². The number of carboxylic acid groups (broad SMARTS) is 1. The lowest BCUT2D eigenvalue weighted by molar-refractivity contribution is -0.137. The molecule has 3 N–H and O–H groups in total. The topological polar surface area (TPSA) is 121 Å². The van der Waals surface area contributed by atoms with Crippen LogP contribution in [0.15, 0.2) is 47.4 Å². The van der Waals surface area contributed by atoms with E-state index in [4.69, 9.17) is 0 Å². The van der Waals surface area contributed by atoms with Crippen LogP contribution in [0.1, 0.15) is 96.6 Å². The van der Waals surface area contributed by atoms with E-state index in [0.717, 1.165) is 47.5 Å². The molecule has 10 heteroatoms. The Morgan fingerprint density at radius 2 is 1.60 bits per heavy atom. The van der Waals surface area contributed by atoms with Gasteiger partial charge >= 0.3 is 5.97 Å². The van der Waals surface area contributed by atoms with E-state index in [2.05, 4.69) is 15.5 Å². The number of carboxylic acids is 1. The van der Waals surface area contributed by atoms with Crippen LogP contribution in [0.25, 0.3) is 11.1 Å². The van der Waals surface area contributed by atoms with Crippen molar-refractivity contribution >= 4 is 17.8 Å². The summed E-state index contributed by atoms with van der Waals surface area (Å²) in [6.07, 6.45) is 6.45. The average Bonchev–Trinajstić information content (AvgIpc) is 3.50. The van der Waals surface area contributed by atoms with Crippen molar-refractivity contribution in [1.29, 1.82) is 0 Å². The minimum atomic E-state index is -1.22. The average molecular weight is 687 g/mol. The van der Waals surface area contributed by atoms with Crippen LogP contribution < -0.4 is 16.2 Å². The molecule has 2 aliphatic rings. The second kappa shape index (κ2) is 15.3. The second-order valence-corrected chi connectivity index (χ2v) is 15.1. The van der Waals surface area contributed by atoms with E-state index in [-0.39, 0.29) is 23.5 Å². The third kappa shape index (κ3) is 8.34. The van der Waals surface area contributed by atoms with Gasteiger partial charge in [-0.15, -0.1) is 0 Å². The molecule has 50 heavy (non-hydrogen) atoms. The number of carbonyl (C=O) groups is 3. The van der Waals surface area contributed by atoms with Crippen molar-refractivity contribution in [2.24, 2.45) is 11.3 Å². The highest BCUT2D eigenvalue weighted by Gasteiger charge is 2.44. The van der Waals surface area contributed by atoms with E-state index in [0.29, 0.717) is 17.5 Å². The van der Waals surface area contributed by atoms with Crippen molar-refractivity contribution in [3.63, 3.8) is 0 Å². The van der Waals surface area contributed by atoms with Gasteiger partial charge in [0.2, 0.25) is 5.91 Å². The Kier molecular flexibility index (Phi) is 11.3. The van der Waals surface area contributed by atoms with Crippen LogP contribution in [0.2, 0.25) is 0 Å². The highest BCUT2D eigenvalue weighted by atomic mass is 19.1. The van der Waals surface area contributed by atoms with Gasteiger partial charge in [0.1, 0.15) is 17.4 Å². The lowest BCUT2D eigenvalue weighted by Gasteiger charge is -2.48. The molecule has 1 saturated heterocycles. The number of nitrogens with one attached hydrogen (secondary N) is 2. The number of hydrogen-bond donors (Lipinski definition) is 3. The Labute approximate surface area is 294 Å². The zero-order chi connectivity index (χ0) is 36.3. The first kappa shape index (κ1) is 37.0. The van der Waals surface area contributed by atoms with E-state index in [1.165, 1.54) is 36.3 Å². The molecule has 5 rings (SSSR count). The molecule has 9 nitrogen and oxygen atoms in total. The first-order valence-corrected chi connectivity index (χ1v) is 17.8. The van der Waals surface area contributed by atoms with Gasteiger partial charge in [0.15, 0.2) is 0 Å². The van der Waals surface area contributed by atoms with Crippen molar-refractivity contribution in [2.45, 2.75) is 98.7 Å². The molecule has 2 amide bonds. The van der Waals surface area contributed by atoms with Crippen LogP contribution in [-0.4, -0.2) is 58.0 Å². The SMILES string of the molecule is Cc1cc(C)c(-c2cc(C)c(F)c([C@H](CC(=O)O)NC(=O)[C@H](CC(C)C)NC(=O)c3cccn(CCN4CC5(CCCC5)C4)c3=O)c2)c(C)c1. The number of aryl methyl sites for hydroxylation is 4. The maximum Gasteiger partial charge on any atom is 0.305 e. The normalized spacial score (nSPS) is 16.6. The second-order valence-electron chi connectivity index (χ2n) is 15.1. The van der Waals surface area contributed by atoms with Crippen LogP contribution >= 0.6 is 0 Å². The summed E-state index contributed by atoms with van der Waals surface area (Å²) in [6, 6.07) is 8.21. The van der Waals surface area contributed by atoms with Gasteiger partial charge in [0.25, 0.3) is 11.5 Å². The minimum Gasteiger partial charge on any atom is -0.481 e. The van der Waals surface area contributed by atoms with E-state index in [1.807, 2.05) is 46.8 Å². The van der Waals surface area contributed by atoms with Crippen LogP contribution in [0.4, 0.5) is 4.39 Å². The smallest absolute Gasteiger partial charge is 0.305 e. The van der Waals surface area contributed by atoms with Crippen LogP contribution in [0, 0.1) is 44.8 Å². The Balaban J connectivity index is 1.35. The fraction of sp³-hybridized carbons (Fsp3) is 0.500. The van der Waals surface area contributed by atoms with Crippen molar-refractivity contribution < 1.29 is 23.9 Å². The predicted molar refractivity (Wildman–Crippen MR) is 193 cm³/mol. The molecule has 2 atom stereocenters. The maximum atomic E-state index is 15.8. The van der Waals surface area contributed by atoms with Crippen molar-refractivity contribution in [3.05, 3.63) is 92.1 Å². The summed E-state index contributed by atoms with van der Waals surface area (Å²) in [5, 5.41) is 15.3. The zero-order valence-electron chi connectivity index (χ0n) is 30.2. The Morgan fingerprint density at radius 3 is 2.22 bits per heavy atom. The molecule has 2 aromatic carbocycles. The number of carbonyl (C=O) groups excluding carboxylic acids is 2. The summed E-state index contributed by atoms with van der Waals surface area (Å²) in [7, 11) is 0. The number of amides is 2. The van der Waals surface area contributed by atoms with Gasteiger partial charge in [-0.2, -0.15) is 0 Å². The quantitative estimate of drug-likeness (QED) is 0.196. The molecule has 2 fully saturated rings. The molecule has 1 aliphatic carbocycles. The summed E-state index contributed by atoms with van der Waals surface area (Å²) in [5.74, 6) is -3.20. The number of benzene rings is 2.